The average Bonchev–Trinajstić information content (AvgIpc) is 2.57. The first-order chi connectivity index (χ1) is 7.56. The maximum Gasteiger partial charge on any atom is 0.345 e. The largest absolute Gasteiger partial charge is 0.468 e. The lowest BCUT2D eigenvalue weighted by molar-refractivity contribution is 0.0241. The minimum Gasteiger partial charge on any atom is -0.468 e. The molecule has 1 aliphatic rings. The monoisotopic (exact) mass is 225 g/mol. The predicted molar refractivity (Wildman–Crippen MR) is 56.5 cm³/mol. The van der Waals surface area contributed by atoms with Gasteiger partial charge >= 0.3 is 5.97 Å². The molecule has 2 rings (SSSR count). The Bertz CT molecular complexity index is 409. The van der Waals surface area contributed by atoms with Crippen LogP contribution >= 0.6 is 0 Å². The van der Waals surface area contributed by atoms with Gasteiger partial charge in [0.15, 0.2) is 0 Å². The van der Waals surface area contributed by atoms with E-state index >= 15 is 0 Å². The molecule has 0 saturated carbocycles. The molecule has 88 valence electrons. The van der Waals surface area contributed by atoms with E-state index in [4.69, 9.17) is 4.74 Å². The van der Waals surface area contributed by atoms with Gasteiger partial charge in [-0.3, -0.25) is 0 Å². The molecule has 0 aromatic carbocycles. The van der Waals surface area contributed by atoms with Crippen molar-refractivity contribution in [1.29, 1.82) is 0 Å². The third kappa shape index (κ3) is 1.76. The minimum atomic E-state index is -0.431. The molecule has 1 aromatic rings. The standard InChI is InChI=1S/C10H15N3O3/c1-10(5-11-6-10)16-8-7(9(14)15-3)4-12-13(8)2/h4,11H,5-6H2,1-3H3. The molecule has 6 nitrogen and oxygen atoms in total. The summed E-state index contributed by atoms with van der Waals surface area (Å²) in [5, 5.41) is 7.12. The highest BCUT2D eigenvalue weighted by molar-refractivity contribution is 5.91. The number of rotatable bonds is 3. The molecular weight excluding hydrogens is 210 g/mol. The van der Waals surface area contributed by atoms with Crippen molar-refractivity contribution in [3.63, 3.8) is 0 Å². The number of carbonyl (C=O) groups excluding carboxylic acids is 1. The second kappa shape index (κ2) is 3.79. The van der Waals surface area contributed by atoms with E-state index in [9.17, 15) is 4.79 Å². The summed E-state index contributed by atoms with van der Waals surface area (Å²) in [5.74, 6) is 0.0230. The van der Waals surface area contributed by atoms with Gasteiger partial charge in [0.05, 0.1) is 13.3 Å². The van der Waals surface area contributed by atoms with Gasteiger partial charge in [-0.2, -0.15) is 5.10 Å². The summed E-state index contributed by atoms with van der Waals surface area (Å²) in [4.78, 5) is 11.5. The molecule has 0 unspecified atom stereocenters. The van der Waals surface area contributed by atoms with Crippen LogP contribution in [0, 0.1) is 0 Å². The van der Waals surface area contributed by atoms with Crippen molar-refractivity contribution in [2.24, 2.45) is 7.05 Å². The van der Waals surface area contributed by atoms with Crippen molar-refractivity contribution in [1.82, 2.24) is 15.1 Å². The Balaban J connectivity index is 2.24. The van der Waals surface area contributed by atoms with Crippen LogP contribution in [0.25, 0.3) is 0 Å². The summed E-state index contributed by atoms with van der Waals surface area (Å²) in [6, 6.07) is 0. The van der Waals surface area contributed by atoms with Gasteiger partial charge in [-0.05, 0) is 6.92 Å². The van der Waals surface area contributed by atoms with Crippen LogP contribution in [0.2, 0.25) is 0 Å². The third-order valence-corrected chi connectivity index (χ3v) is 2.63. The molecule has 1 aromatic heterocycles. The van der Waals surface area contributed by atoms with Crippen molar-refractivity contribution in [2.45, 2.75) is 12.5 Å². The summed E-state index contributed by atoms with van der Waals surface area (Å²) in [5.41, 5.74) is 0.0921. The third-order valence-electron chi connectivity index (χ3n) is 2.63. The Kier molecular flexibility index (Phi) is 2.59. The number of ether oxygens (including phenoxy) is 2. The van der Waals surface area contributed by atoms with Crippen molar-refractivity contribution in [2.75, 3.05) is 20.2 Å². The highest BCUT2D eigenvalue weighted by atomic mass is 16.5. The molecule has 1 N–H and O–H groups in total. The number of carbonyl (C=O) groups is 1. The Morgan fingerprint density at radius 3 is 2.81 bits per heavy atom. The van der Waals surface area contributed by atoms with E-state index in [-0.39, 0.29) is 5.60 Å². The summed E-state index contributed by atoms with van der Waals surface area (Å²) in [6.07, 6.45) is 1.45. The fourth-order valence-electron chi connectivity index (χ4n) is 1.58. The van der Waals surface area contributed by atoms with Crippen LogP contribution in [-0.2, 0) is 11.8 Å². The van der Waals surface area contributed by atoms with Crippen molar-refractivity contribution < 1.29 is 14.3 Å². The first-order valence-electron chi connectivity index (χ1n) is 5.06. The summed E-state index contributed by atoms with van der Waals surface area (Å²) in [6.45, 7) is 3.51. The molecule has 6 heteroatoms. The number of aryl methyl sites for hydroxylation is 1. The van der Waals surface area contributed by atoms with Gasteiger partial charge in [-0.15, -0.1) is 0 Å². The molecular formula is C10H15N3O3. The van der Waals surface area contributed by atoms with Gasteiger partial charge in [-0.1, -0.05) is 0 Å². The SMILES string of the molecule is COC(=O)c1cnn(C)c1OC1(C)CNC1. The lowest BCUT2D eigenvalue weighted by atomic mass is 10.0. The van der Waals surface area contributed by atoms with Gasteiger partial charge in [0, 0.05) is 20.1 Å². The van der Waals surface area contributed by atoms with Crippen molar-refractivity contribution >= 4 is 5.97 Å². The predicted octanol–water partition coefficient (Wildman–Crippen LogP) is -0.0526. The Hall–Kier alpha value is -1.56. The summed E-state index contributed by atoms with van der Waals surface area (Å²) < 4.78 is 12.0. The van der Waals surface area contributed by atoms with Crippen LogP contribution in [0.15, 0.2) is 6.20 Å². The van der Waals surface area contributed by atoms with Gasteiger partial charge in [0.1, 0.15) is 11.2 Å². The number of esters is 1. The Morgan fingerprint density at radius 1 is 1.62 bits per heavy atom. The molecule has 1 aliphatic heterocycles. The molecule has 0 bridgehead atoms. The smallest absolute Gasteiger partial charge is 0.345 e. The average molecular weight is 225 g/mol. The maximum absolute atomic E-state index is 11.5. The van der Waals surface area contributed by atoms with Gasteiger partial charge in [0.2, 0.25) is 5.88 Å². The molecule has 16 heavy (non-hydrogen) atoms. The first kappa shape index (κ1) is 10.9. The van der Waals surface area contributed by atoms with Crippen LogP contribution in [-0.4, -0.2) is 41.6 Å². The van der Waals surface area contributed by atoms with Crippen LogP contribution in [0.3, 0.4) is 0 Å². The molecule has 0 spiro atoms. The zero-order chi connectivity index (χ0) is 11.8. The molecule has 0 amide bonds. The van der Waals surface area contributed by atoms with Crippen LogP contribution < -0.4 is 10.1 Å². The topological polar surface area (TPSA) is 65.4 Å². The van der Waals surface area contributed by atoms with E-state index in [0.29, 0.717) is 11.4 Å². The fourth-order valence-corrected chi connectivity index (χ4v) is 1.58. The van der Waals surface area contributed by atoms with Crippen LogP contribution in [0.1, 0.15) is 17.3 Å². The van der Waals surface area contributed by atoms with E-state index in [1.807, 2.05) is 6.92 Å². The highest BCUT2D eigenvalue weighted by Crippen LogP contribution is 2.25. The van der Waals surface area contributed by atoms with E-state index in [2.05, 4.69) is 15.2 Å². The highest BCUT2D eigenvalue weighted by Gasteiger charge is 2.36. The number of nitrogens with zero attached hydrogens (tertiary/aromatic N) is 2. The first-order valence-corrected chi connectivity index (χ1v) is 5.06. The Morgan fingerprint density at radius 2 is 2.31 bits per heavy atom. The molecule has 0 atom stereocenters. The zero-order valence-corrected chi connectivity index (χ0v) is 9.61. The van der Waals surface area contributed by atoms with Crippen molar-refractivity contribution in [3.8, 4) is 5.88 Å². The summed E-state index contributed by atoms with van der Waals surface area (Å²) in [7, 11) is 3.07. The van der Waals surface area contributed by atoms with E-state index < -0.39 is 5.97 Å². The number of aromatic nitrogens is 2. The summed E-state index contributed by atoms with van der Waals surface area (Å²) >= 11 is 0. The molecule has 0 radical (unpaired) electrons. The van der Waals surface area contributed by atoms with E-state index in [0.717, 1.165) is 13.1 Å². The molecule has 0 aliphatic carbocycles. The minimum absolute atomic E-state index is 0.267. The van der Waals surface area contributed by atoms with E-state index in [1.165, 1.54) is 18.0 Å². The van der Waals surface area contributed by atoms with Crippen LogP contribution in [0.4, 0.5) is 0 Å². The molecule has 2 heterocycles. The zero-order valence-electron chi connectivity index (χ0n) is 9.61. The van der Waals surface area contributed by atoms with Gasteiger partial charge in [0.25, 0.3) is 0 Å². The Labute approximate surface area is 93.5 Å². The van der Waals surface area contributed by atoms with Gasteiger partial charge < -0.3 is 14.8 Å². The molecule has 1 saturated heterocycles. The van der Waals surface area contributed by atoms with E-state index in [1.54, 1.807) is 7.05 Å². The lowest BCUT2D eigenvalue weighted by Crippen LogP contribution is -2.61. The normalized spacial score (nSPS) is 17.7. The molecule has 1 fully saturated rings. The van der Waals surface area contributed by atoms with Crippen molar-refractivity contribution in [3.05, 3.63) is 11.8 Å². The second-order valence-electron chi connectivity index (χ2n) is 4.13. The lowest BCUT2D eigenvalue weighted by Gasteiger charge is -2.39. The van der Waals surface area contributed by atoms with Crippen LogP contribution in [0.5, 0.6) is 5.88 Å². The number of hydrogen-bond donors (Lipinski definition) is 1. The fraction of sp³-hybridized carbons (Fsp3) is 0.600. The number of methoxy groups -OCH3 is 1. The van der Waals surface area contributed by atoms with Gasteiger partial charge in [-0.25, -0.2) is 9.48 Å². The quantitative estimate of drug-likeness (QED) is 0.730. The maximum atomic E-state index is 11.5. The number of hydrogen-bond acceptors (Lipinski definition) is 5. The number of nitrogens with one attached hydrogen (secondary N) is 1. The second-order valence-corrected chi connectivity index (χ2v) is 4.13.